The first-order valence-corrected chi connectivity index (χ1v) is 9.35. The van der Waals surface area contributed by atoms with Gasteiger partial charge in [0.05, 0.1) is 22.6 Å². The summed E-state index contributed by atoms with van der Waals surface area (Å²) in [7, 11) is 0. The Labute approximate surface area is 148 Å². The van der Waals surface area contributed by atoms with E-state index >= 15 is 0 Å². The lowest BCUT2D eigenvalue weighted by Crippen LogP contribution is -2.73. The number of nitrogens with zero attached hydrogens (tertiary/aromatic N) is 5. The minimum absolute atomic E-state index is 0.0136. The summed E-state index contributed by atoms with van der Waals surface area (Å²) >= 11 is 1.50. The molecular formula is C17H17N5O2S. The highest BCUT2D eigenvalue weighted by molar-refractivity contribution is 7.13. The molecule has 3 saturated carbocycles. The van der Waals surface area contributed by atoms with Crippen LogP contribution < -0.4 is 0 Å². The van der Waals surface area contributed by atoms with Gasteiger partial charge in [-0.1, -0.05) is 0 Å². The van der Waals surface area contributed by atoms with Gasteiger partial charge in [0.2, 0.25) is 0 Å². The third kappa shape index (κ3) is 2.27. The van der Waals surface area contributed by atoms with E-state index in [1.54, 1.807) is 16.6 Å². The maximum atomic E-state index is 12.5. The second-order valence-corrected chi connectivity index (χ2v) is 8.05. The summed E-state index contributed by atoms with van der Waals surface area (Å²) in [4.78, 5) is 33.4. The second kappa shape index (κ2) is 5.32. The first-order valence-electron chi connectivity index (χ1n) is 8.47. The fraction of sp³-hybridized carbons (Fsp3) is 0.471. The fourth-order valence-electron chi connectivity index (χ4n) is 4.15. The molecule has 6 rings (SSSR count). The Morgan fingerprint density at radius 2 is 1.96 bits per heavy atom. The van der Waals surface area contributed by atoms with Crippen molar-refractivity contribution in [3.05, 3.63) is 29.5 Å². The first kappa shape index (κ1) is 14.9. The smallest absolute Gasteiger partial charge is 0.312 e. The zero-order valence-corrected chi connectivity index (χ0v) is 14.4. The zero-order valence-electron chi connectivity index (χ0n) is 13.6. The van der Waals surface area contributed by atoms with Gasteiger partial charge in [-0.25, -0.2) is 0 Å². The van der Waals surface area contributed by atoms with Crippen LogP contribution >= 0.6 is 11.3 Å². The Balaban J connectivity index is 1.27. The van der Waals surface area contributed by atoms with Crippen LogP contribution in [0.2, 0.25) is 0 Å². The number of carbonyl (C=O) groups is 2. The number of aromatic nitrogens is 3. The molecular weight excluding hydrogens is 338 g/mol. The van der Waals surface area contributed by atoms with Gasteiger partial charge in [-0.3, -0.25) is 14.6 Å². The van der Waals surface area contributed by atoms with E-state index in [1.807, 2.05) is 17.0 Å². The minimum Gasteiger partial charge on any atom is -0.327 e. The topological polar surface area (TPSA) is 79.3 Å². The molecule has 4 aliphatic rings. The van der Waals surface area contributed by atoms with Crippen LogP contribution in [-0.2, 0) is 16.1 Å². The van der Waals surface area contributed by atoms with E-state index in [-0.39, 0.29) is 11.4 Å². The number of rotatable bonds is 4. The zero-order chi connectivity index (χ0) is 17.0. The van der Waals surface area contributed by atoms with Crippen molar-refractivity contribution in [2.75, 3.05) is 13.1 Å². The number of hydrogen-bond donors (Lipinski definition) is 0. The molecule has 8 heteroatoms. The summed E-state index contributed by atoms with van der Waals surface area (Å²) in [5.41, 5.74) is 3.22. The average molecular weight is 355 g/mol. The molecule has 128 valence electrons. The monoisotopic (exact) mass is 355 g/mol. The van der Waals surface area contributed by atoms with Crippen molar-refractivity contribution in [3.8, 4) is 10.6 Å². The minimum atomic E-state index is -0.413. The van der Waals surface area contributed by atoms with Gasteiger partial charge in [0.1, 0.15) is 5.69 Å². The van der Waals surface area contributed by atoms with Crippen molar-refractivity contribution < 1.29 is 9.59 Å². The maximum absolute atomic E-state index is 12.5. The van der Waals surface area contributed by atoms with Gasteiger partial charge in [0, 0.05) is 24.8 Å². The molecule has 0 radical (unpaired) electrons. The molecule has 3 heterocycles. The van der Waals surface area contributed by atoms with E-state index in [2.05, 4.69) is 15.2 Å². The van der Waals surface area contributed by atoms with Crippen LogP contribution in [0.1, 0.15) is 25.0 Å². The summed E-state index contributed by atoms with van der Waals surface area (Å²) in [6, 6.07) is 3.73. The first-order chi connectivity index (χ1) is 12.1. The summed E-state index contributed by atoms with van der Waals surface area (Å²) < 4.78 is 0. The largest absolute Gasteiger partial charge is 0.327 e. The van der Waals surface area contributed by atoms with Crippen LogP contribution in [0.4, 0.5) is 0 Å². The standard InChI is InChI=1S/C17H17N5O2S/c23-15-16(24)22(17-5-11(6-17)7-17)4-3-21(15)9-12-1-2-13(20-19-12)14-8-18-10-25-14/h1-2,8,10-11H,3-7,9H2. The van der Waals surface area contributed by atoms with E-state index in [0.717, 1.165) is 35.8 Å². The lowest BCUT2D eigenvalue weighted by Gasteiger charge is -2.66. The van der Waals surface area contributed by atoms with Gasteiger partial charge in [-0.15, -0.1) is 16.4 Å². The molecule has 1 aliphatic heterocycles. The summed E-state index contributed by atoms with van der Waals surface area (Å²) in [6.07, 6.45) is 4.99. The molecule has 0 unspecified atom stereocenters. The number of carbonyl (C=O) groups excluding carboxylic acids is 2. The SMILES string of the molecule is O=C1C(=O)N(C23CC(C2)C3)CCN1Cc1ccc(-c2cncs2)nn1. The van der Waals surface area contributed by atoms with Crippen molar-refractivity contribution in [1.82, 2.24) is 25.0 Å². The molecule has 2 aromatic rings. The van der Waals surface area contributed by atoms with Crippen LogP contribution in [0.5, 0.6) is 0 Å². The fourth-order valence-corrected chi connectivity index (χ4v) is 4.74. The quantitative estimate of drug-likeness (QED) is 0.773. The number of thiazole rings is 1. The third-order valence-corrected chi connectivity index (χ3v) is 6.44. The van der Waals surface area contributed by atoms with E-state index in [0.29, 0.717) is 25.3 Å². The van der Waals surface area contributed by atoms with Crippen LogP contribution in [0.25, 0.3) is 10.6 Å². The Hall–Kier alpha value is -2.35. The highest BCUT2D eigenvalue weighted by Crippen LogP contribution is 2.60. The molecule has 4 fully saturated rings. The normalized spacial score (nSPS) is 27.9. The predicted octanol–water partition coefficient (Wildman–Crippen LogP) is 1.32. The Kier molecular flexibility index (Phi) is 3.18. The van der Waals surface area contributed by atoms with Crippen molar-refractivity contribution in [3.63, 3.8) is 0 Å². The van der Waals surface area contributed by atoms with Crippen LogP contribution in [0.3, 0.4) is 0 Å². The molecule has 0 aromatic carbocycles. The molecule has 7 nitrogen and oxygen atoms in total. The van der Waals surface area contributed by atoms with Crippen molar-refractivity contribution in [2.24, 2.45) is 5.92 Å². The van der Waals surface area contributed by atoms with Gasteiger partial charge in [-0.05, 0) is 37.3 Å². The maximum Gasteiger partial charge on any atom is 0.312 e. The van der Waals surface area contributed by atoms with Gasteiger partial charge in [-0.2, -0.15) is 5.10 Å². The molecule has 3 aliphatic carbocycles. The van der Waals surface area contributed by atoms with Gasteiger partial charge < -0.3 is 9.80 Å². The molecule has 2 amide bonds. The molecule has 25 heavy (non-hydrogen) atoms. The molecule has 0 spiro atoms. The second-order valence-electron chi connectivity index (χ2n) is 7.16. The lowest BCUT2D eigenvalue weighted by molar-refractivity contribution is -0.186. The van der Waals surface area contributed by atoms with E-state index in [1.165, 1.54) is 11.3 Å². The van der Waals surface area contributed by atoms with E-state index in [9.17, 15) is 9.59 Å². The summed E-state index contributed by atoms with van der Waals surface area (Å²) in [6.45, 7) is 1.52. The van der Waals surface area contributed by atoms with Gasteiger partial charge in [0.25, 0.3) is 0 Å². The van der Waals surface area contributed by atoms with Gasteiger partial charge >= 0.3 is 11.8 Å². The van der Waals surface area contributed by atoms with Crippen molar-refractivity contribution in [1.29, 1.82) is 0 Å². The summed E-state index contributed by atoms with van der Waals surface area (Å²) in [5, 5.41) is 8.40. The highest BCUT2D eigenvalue weighted by Gasteiger charge is 2.62. The average Bonchev–Trinajstić information content (AvgIpc) is 3.07. The Morgan fingerprint density at radius 1 is 1.12 bits per heavy atom. The number of amides is 2. The molecule has 1 saturated heterocycles. The van der Waals surface area contributed by atoms with Crippen molar-refractivity contribution >= 4 is 23.2 Å². The van der Waals surface area contributed by atoms with E-state index < -0.39 is 5.91 Å². The highest BCUT2D eigenvalue weighted by atomic mass is 32.1. The number of piperazine rings is 1. The molecule has 2 bridgehead atoms. The van der Waals surface area contributed by atoms with Crippen LogP contribution in [0.15, 0.2) is 23.8 Å². The van der Waals surface area contributed by atoms with E-state index in [4.69, 9.17) is 0 Å². The Morgan fingerprint density at radius 3 is 2.56 bits per heavy atom. The molecule has 2 aromatic heterocycles. The molecule has 0 atom stereocenters. The molecule has 0 N–H and O–H groups in total. The van der Waals surface area contributed by atoms with Crippen LogP contribution in [0, 0.1) is 5.92 Å². The summed E-state index contributed by atoms with van der Waals surface area (Å²) in [5.74, 6) is 0.0243. The van der Waals surface area contributed by atoms with Gasteiger partial charge in [0.15, 0.2) is 0 Å². The van der Waals surface area contributed by atoms with Crippen molar-refractivity contribution in [2.45, 2.75) is 31.3 Å². The predicted molar refractivity (Wildman–Crippen MR) is 90.3 cm³/mol. The third-order valence-electron chi connectivity index (χ3n) is 5.64. The van der Waals surface area contributed by atoms with Crippen LogP contribution in [-0.4, -0.2) is 55.4 Å². The Bertz CT molecular complexity index is 818. The lowest BCUT2D eigenvalue weighted by atomic mass is 9.49. The number of hydrogen-bond acceptors (Lipinski definition) is 6.